The average Bonchev–Trinajstić information content (AvgIpc) is 2.50. The van der Waals surface area contributed by atoms with Crippen molar-refractivity contribution in [3.63, 3.8) is 0 Å². The minimum Gasteiger partial charge on any atom is -0.494 e. The Bertz CT molecular complexity index is 761. The van der Waals surface area contributed by atoms with Gasteiger partial charge in [0, 0.05) is 11.5 Å². The summed E-state index contributed by atoms with van der Waals surface area (Å²) in [4.78, 5) is 12.0. The molecule has 1 amide bonds. The van der Waals surface area contributed by atoms with Gasteiger partial charge in [-0.1, -0.05) is 43.1 Å². The van der Waals surface area contributed by atoms with Crippen molar-refractivity contribution in [2.24, 2.45) is 5.92 Å². The molecule has 0 aliphatic rings. The number of methoxy groups -OCH3 is 1. The third kappa shape index (κ3) is 4.33. The molecule has 0 aliphatic carbocycles. The lowest BCUT2D eigenvalue weighted by Crippen LogP contribution is -2.09. The Morgan fingerprint density at radius 3 is 2.74 bits per heavy atom. The van der Waals surface area contributed by atoms with Gasteiger partial charge in [-0.15, -0.1) is 10.2 Å². The number of ether oxygens (including phenoxy) is 1. The Morgan fingerprint density at radius 2 is 2.09 bits per heavy atom. The van der Waals surface area contributed by atoms with Gasteiger partial charge in [-0.3, -0.25) is 4.79 Å². The zero-order chi connectivity index (χ0) is 17.0. The van der Waals surface area contributed by atoms with E-state index in [9.17, 15) is 4.79 Å². The number of rotatable bonds is 5. The molecule has 0 aliphatic heterocycles. The summed E-state index contributed by atoms with van der Waals surface area (Å²) in [5.41, 5.74) is 1.02. The number of carbonyl (C=O) groups excluding carboxylic acids is 1. The Hall–Kier alpha value is -1.85. The molecule has 1 N–H and O–H groups in total. The molecule has 1 aromatic heterocycles. The first-order valence-corrected chi connectivity index (χ1v) is 7.85. The zero-order valence-corrected chi connectivity index (χ0v) is 14.6. The van der Waals surface area contributed by atoms with Gasteiger partial charge in [0.05, 0.1) is 23.3 Å². The predicted octanol–water partition coefficient (Wildman–Crippen LogP) is 4.49. The SMILES string of the molecule is COc1cc2nnc(Cl)c(Cl)c2cc1NC(=O)/C=C/CC(C)C. The van der Waals surface area contributed by atoms with E-state index in [1.54, 1.807) is 12.1 Å². The summed E-state index contributed by atoms with van der Waals surface area (Å²) in [6, 6.07) is 3.32. The monoisotopic (exact) mass is 353 g/mol. The molecule has 0 unspecified atom stereocenters. The number of hydrogen-bond acceptors (Lipinski definition) is 4. The summed E-state index contributed by atoms with van der Waals surface area (Å²) in [6.45, 7) is 4.17. The topological polar surface area (TPSA) is 64.1 Å². The van der Waals surface area contributed by atoms with Crippen molar-refractivity contribution in [2.75, 3.05) is 12.4 Å². The van der Waals surface area contributed by atoms with E-state index >= 15 is 0 Å². The molecule has 0 radical (unpaired) electrons. The molecule has 7 heteroatoms. The van der Waals surface area contributed by atoms with Gasteiger partial charge in [-0.2, -0.15) is 0 Å². The van der Waals surface area contributed by atoms with E-state index in [1.807, 2.05) is 6.08 Å². The lowest BCUT2D eigenvalue weighted by atomic mass is 10.1. The lowest BCUT2D eigenvalue weighted by Gasteiger charge is -2.11. The van der Waals surface area contributed by atoms with Crippen LogP contribution in [0.4, 0.5) is 5.69 Å². The van der Waals surface area contributed by atoms with Gasteiger partial charge < -0.3 is 10.1 Å². The summed E-state index contributed by atoms with van der Waals surface area (Å²) >= 11 is 12.0. The van der Waals surface area contributed by atoms with Crippen LogP contribution in [0.3, 0.4) is 0 Å². The van der Waals surface area contributed by atoms with Crippen molar-refractivity contribution < 1.29 is 9.53 Å². The Balaban J connectivity index is 2.33. The second kappa shape index (κ2) is 7.62. The minimum absolute atomic E-state index is 0.110. The molecule has 0 saturated heterocycles. The Morgan fingerprint density at radius 1 is 1.35 bits per heavy atom. The molecule has 0 saturated carbocycles. The Kier molecular flexibility index (Phi) is 5.80. The molecule has 2 rings (SSSR count). The summed E-state index contributed by atoms with van der Waals surface area (Å²) in [7, 11) is 1.51. The van der Waals surface area contributed by atoms with E-state index in [0.29, 0.717) is 28.3 Å². The third-order valence-electron chi connectivity index (χ3n) is 3.12. The summed E-state index contributed by atoms with van der Waals surface area (Å²) in [6.07, 6.45) is 4.17. The highest BCUT2D eigenvalue weighted by atomic mass is 35.5. The minimum atomic E-state index is -0.243. The number of fused-ring (bicyclic) bond motifs is 1. The molecule has 23 heavy (non-hydrogen) atoms. The number of anilines is 1. The van der Waals surface area contributed by atoms with Crippen LogP contribution in [-0.2, 0) is 4.79 Å². The van der Waals surface area contributed by atoms with Crippen LogP contribution in [0.1, 0.15) is 20.3 Å². The van der Waals surface area contributed by atoms with Crippen molar-refractivity contribution in [3.8, 4) is 5.75 Å². The molecule has 0 spiro atoms. The standard InChI is InChI=1S/C16H17Cl2N3O2/c1-9(2)5-4-6-14(22)19-12-7-10-11(8-13(12)23-3)20-21-16(18)15(10)17/h4,6-9H,5H2,1-3H3,(H,19,22)/b6-4+. The fourth-order valence-electron chi connectivity index (χ4n) is 1.97. The first-order chi connectivity index (χ1) is 10.9. The highest BCUT2D eigenvalue weighted by molar-refractivity contribution is 6.44. The van der Waals surface area contributed by atoms with Crippen molar-refractivity contribution in [2.45, 2.75) is 20.3 Å². The quantitative estimate of drug-likeness (QED) is 0.804. The maximum Gasteiger partial charge on any atom is 0.248 e. The fourth-order valence-corrected chi connectivity index (χ4v) is 2.30. The van der Waals surface area contributed by atoms with Gasteiger partial charge >= 0.3 is 0 Å². The average molecular weight is 354 g/mol. The largest absolute Gasteiger partial charge is 0.494 e. The number of allylic oxidation sites excluding steroid dienone is 1. The number of benzene rings is 1. The van der Waals surface area contributed by atoms with Gasteiger partial charge in [0.25, 0.3) is 0 Å². The van der Waals surface area contributed by atoms with Crippen molar-refractivity contribution in [1.29, 1.82) is 0 Å². The summed E-state index contributed by atoms with van der Waals surface area (Å²) in [5, 5.41) is 11.5. The smallest absolute Gasteiger partial charge is 0.248 e. The molecule has 1 heterocycles. The second-order valence-electron chi connectivity index (χ2n) is 5.40. The number of aromatic nitrogens is 2. The molecule has 122 valence electrons. The normalized spacial score (nSPS) is 11.4. The first-order valence-electron chi connectivity index (χ1n) is 7.09. The number of nitrogens with one attached hydrogen (secondary N) is 1. The predicted molar refractivity (Wildman–Crippen MR) is 93.3 cm³/mol. The van der Waals surface area contributed by atoms with Crippen molar-refractivity contribution in [1.82, 2.24) is 10.2 Å². The van der Waals surface area contributed by atoms with Crippen LogP contribution in [-0.4, -0.2) is 23.2 Å². The zero-order valence-electron chi connectivity index (χ0n) is 13.1. The second-order valence-corrected chi connectivity index (χ2v) is 6.13. The van der Waals surface area contributed by atoms with Crippen LogP contribution in [0.15, 0.2) is 24.3 Å². The van der Waals surface area contributed by atoms with E-state index in [4.69, 9.17) is 27.9 Å². The van der Waals surface area contributed by atoms with Gasteiger partial charge in [-0.25, -0.2) is 0 Å². The highest BCUT2D eigenvalue weighted by Gasteiger charge is 2.13. The van der Waals surface area contributed by atoms with Crippen molar-refractivity contribution in [3.05, 3.63) is 34.5 Å². The molecule has 1 aromatic carbocycles. The molecule has 2 aromatic rings. The van der Waals surface area contributed by atoms with Crippen LogP contribution in [0, 0.1) is 5.92 Å². The van der Waals surface area contributed by atoms with Gasteiger partial charge in [0.2, 0.25) is 5.91 Å². The van der Waals surface area contributed by atoms with Gasteiger partial charge in [-0.05, 0) is 24.5 Å². The molecule has 0 fully saturated rings. The number of amides is 1. The number of halogens is 2. The molecule has 0 bridgehead atoms. The van der Waals surface area contributed by atoms with Gasteiger partial charge in [0.1, 0.15) is 5.75 Å². The third-order valence-corrected chi connectivity index (χ3v) is 3.86. The van der Waals surface area contributed by atoms with Crippen LogP contribution < -0.4 is 10.1 Å². The lowest BCUT2D eigenvalue weighted by molar-refractivity contribution is -0.111. The van der Waals surface area contributed by atoms with Crippen LogP contribution in [0.5, 0.6) is 5.75 Å². The van der Waals surface area contributed by atoms with Crippen molar-refractivity contribution >= 4 is 45.7 Å². The van der Waals surface area contributed by atoms with Crippen LogP contribution in [0.2, 0.25) is 10.2 Å². The fraction of sp³-hybridized carbons (Fsp3) is 0.312. The first kappa shape index (κ1) is 17.5. The molecular weight excluding hydrogens is 337 g/mol. The molecule has 0 atom stereocenters. The van der Waals surface area contributed by atoms with E-state index in [0.717, 1.165) is 6.42 Å². The number of hydrogen-bond donors (Lipinski definition) is 1. The molecule has 5 nitrogen and oxygen atoms in total. The van der Waals surface area contributed by atoms with E-state index in [2.05, 4.69) is 29.4 Å². The Labute approximate surface area is 144 Å². The maximum absolute atomic E-state index is 12.0. The van der Waals surface area contributed by atoms with E-state index in [1.165, 1.54) is 13.2 Å². The van der Waals surface area contributed by atoms with Crippen LogP contribution >= 0.6 is 23.2 Å². The maximum atomic E-state index is 12.0. The van der Waals surface area contributed by atoms with E-state index < -0.39 is 0 Å². The highest BCUT2D eigenvalue weighted by Crippen LogP contribution is 2.34. The molecular formula is C16H17Cl2N3O2. The summed E-state index contributed by atoms with van der Waals surface area (Å²) in [5.74, 6) is 0.720. The van der Waals surface area contributed by atoms with Crippen LogP contribution in [0.25, 0.3) is 10.9 Å². The van der Waals surface area contributed by atoms with Gasteiger partial charge in [0.15, 0.2) is 5.15 Å². The number of carbonyl (C=O) groups is 1. The van der Waals surface area contributed by atoms with E-state index in [-0.39, 0.29) is 16.1 Å². The summed E-state index contributed by atoms with van der Waals surface area (Å²) < 4.78 is 5.28. The number of nitrogens with zero attached hydrogens (tertiary/aromatic N) is 2.